The number of hydrogen-bond acceptors (Lipinski definition) is 4. The molecule has 0 aliphatic heterocycles. The molecule has 6 rings (SSSR count). The first-order chi connectivity index (χ1) is 15.4. The standard InChI is InChI=1S/C25H32N4O3/c1-2-20(30)13-26-23(31)9-19-14-29-21(4-3-5-22(29)28-19)24(32)27-15-25-10-16-6-17(11-25)8-18(7-16)12-25/h2-5,14,16-18,20,30H,1,6-13,15H2,(H,26,31)(H,27,32)/t16?,17?,18?,20-,25?/m0/s1. The summed E-state index contributed by atoms with van der Waals surface area (Å²) in [5.41, 5.74) is 2.04. The average molecular weight is 437 g/mol. The predicted molar refractivity (Wildman–Crippen MR) is 121 cm³/mol. The maximum Gasteiger partial charge on any atom is 0.268 e. The van der Waals surface area contributed by atoms with Crippen LogP contribution >= 0.6 is 0 Å². The van der Waals surface area contributed by atoms with Gasteiger partial charge in [-0.15, -0.1) is 6.58 Å². The lowest BCUT2D eigenvalue weighted by atomic mass is 9.49. The van der Waals surface area contributed by atoms with Crippen molar-refractivity contribution in [3.63, 3.8) is 0 Å². The third kappa shape index (κ3) is 4.18. The second kappa shape index (κ2) is 8.35. The largest absolute Gasteiger partial charge is 0.387 e. The maximum atomic E-state index is 13.1. The lowest BCUT2D eigenvalue weighted by Crippen LogP contribution is -2.51. The number of aliphatic hydroxyl groups is 1. The highest BCUT2D eigenvalue weighted by atomic mass is 16.3. The maximum absolute atomic E-state index is 13.1. The Morgan fingerprint density at radius 1 is 1.19 bits per heavy atom. The molecule has 4 saturated carbocycles. The van der Waals surface area contributed by atoms with E-state index in [9.17, 15) is 14.7 Å². The molecule has 4 aliphatic rings. The summed E-state index contributed by atoms with van der Waals surface area (Å²) < 4.78 is 1.76. The fraction of sp³-hybridized carbons (Fsp3) is 0.560. The van der Waals surface area contributed by atoms with E-state index in [1.54, 1.807) is 16.7 Å². The minimum absolute atomic E-state index is 0.0832. The van der Waals surface area contributed by atoms with E-state index in [-0.39, 0.29) is 30.2 Å². The zero-order valence-electron chi connectivity index (χ0n) is 18.4. The van der Waals surface area contributed by atoms with E-state index in [0.29, 0.717) is 17.0 Å². The molecule has 4 aliphatic carbocycles. The predicted octanol–water partition coefficient (Wildman–Crippen LogP) is 2.49. The minimum atomic E-state index is -0.774. The summed E-state index contributed by atoms with van der Waals surface area (Å²) in [5, 5.41) is 15.4. The van der Waals surface area contributed by atoms with E-state index in [0.717, 1.165) is 24.3 Å². The van der Waals surface area contributed by atoms with Gasteiger partial charge >= 0.3 is 0 Å². The molecule has 4 fully saturated rings. The number of hydrogen-bond donors (Lipinski definition) is 3. The molecular weight excluding hydrogens is 404 g/mol. The molecule has 0 spiro atoms. The van der Waals surface area contributed by atoms with Gasteiger partial charge in [0.1, 0.15) is 11.3 Å². The van der Waals surface area contributed by atoms with Gasteiger partial charge in [0.15, 0.2) is 0 Å². The van der Waals surface area contributed by atoms with E-state index in [4.69, 9.17) is 0 Å². The Morgan fingerprint density at radius 3 is 2.53 bits per heavy atom. The molecule has 3 N–H and O–H groups in total. The van der Waals surface area contributed by atoms with E-state index < -0.39 is 6.10 Å². The van der Waals surface area contributed by atoms with Crippen molar-refractivity contribution >= 4 is 17.5 Å². The number of carbonyl (C=O) groups is 2. The van der Waals surface area contributed by atoms with Crippen LogP contribution in [0.2, 0.25) is 0 Å². The smallest absolute Gasteiger partial charge is 0.268 e. The van der Waals surface area contributed by atoms with Gasteiger partial charge in [-0.25, -0.2) is 4.98 Å². The number of fused-ring (bicyclic) bond motifs is 1. The number of pyridine rings is 1. The van der Waals surface area contributed by atoms with Crippen molar-refractivity contribution < 1.29 is 14.7 Å². The highest BCUT2D eigenvalue weighted by molar-refractivity contribution is 5.93. The molecular formula is C25H32N4O3. The molecule has 4 bridgehead atoms. The van der Waals surface area contributed by atoms with E-state index in [1.807, 2.05) is 12.1 Å². The van der Waals surface area contributed by atoms with E-state index in [2.05, 4.69) is 22.2 Å². The Bertz CT molecular complexity index is 1010. The zero-order chi connectivity index (χ0) is 22.3. The van der Waals surface area contributed by atoms with Crippen LogP contribution in [0.1, 0.15) is 54.7 Å². The second-order valence-electron chi connectivity index (χ2n) is 10.3. The van der Waals surface area contributed by atoms with Crippen LogP contribution in [-0.4, -0.2) is 45.5 Å². The summed E-state index contributed by atoms with van der Waals surface area (Å²) in [7, 11) is 0. The molecule has 2 amide bonds. The van der Waals surface area contributed by atoms with Crippen molar-refractivity contribution in [2.75, 3.05) is 13.1 Å². The van der Waals surface area contributed by atoms with Gasteiger partial charge < -0.3 is 15.7 Å². The van der Waals surface area contributed by atoms with Gasteiger partial charge in [0.05, 0.1) is 18.2 Å². The molecule has 32 heavy (non-hydrogen) atoms. The molecule has 0 unspecified atom stereocenters. The fourth-order valence-corrected chi connectivity index (χ4v) is 6.73. The molecule has 7 heteroatoms. The van der Waals surface area contributed by atoms with Crippen LogP contribution in [-0.2, 0) is 11.2 Å². The highest BCUT2D eigenvalue weighted by Crippen LogP contribution is 2.59. The number of rotatable bonds is 8. The monoisotopic (exact) mass is 436 g/mol. The van der Waals surface area contributed by atoms with Gasteiger partial charge in [-0.1, -0.05) is 12.1 Å². The van der Waals surface area contributed by atoms with Gasteiger partial charge in [0, 0.05) is 19.3 Å². The van der Waals surface area contributed by atoms with Crippen molar-refractivity contribution in [3.05, 3.63) is 48.4 Å². The number of imidazole rings is 1. The molecule has 7 nitrogen and oxygen atoms in total. The third-order valence-electron chi connectivity index (χ3n) is 7.69. The molecule has 0 aromatic carbocycles. The van der Waals surface area contributed by atoms with Gasteiger partial charge in [0.25, 0.3) is 5.91 Å². The van der Waals surface area contributed by atoms with Gasteiger partial charge in [-0.3, -0.25) is 14.0 Å². The van der Waals surface area contributed by atoms with Crippen LogP contribution in [0.4, 0.5) is 0 Å². The number of amides is 2. The van der Waals surface area contributed by atoms with Crippen LogP contribution in [0.5, 0.6) is 0 Å². The first-order valence-corrected chi connectivity index (χ1v) is 11.8. The van der Waals surface area contributed by atoms with Crippen molar-refractivity contribution in [1.29, 1.82) is 0 Å². The van der Waals surface area contributed by atoms with E-state index >= 15 is 0 Å². The lowest BCUT2D eigenvalue weighted by molar-refractivity contribution is -0.120. The first-order valence-electron chi connectivity index (χ1n) is 11.8. The van der Waals surface area contributed by atoms with E-state index in [1.165, 1.54) is 44.6 Å². The molecule has 0 radical (unpaired) electrons. The number of aromatic nitrogens is 2. The van der Waals surface area contributed by atoms with Crippen LogP contribution in [0.25, 0.3) is 5.65 Å². The number of aliphatic hydroxyl groups excluding tert-OH is 1. The Morgan fingerprint density at radius 2 is 1.88 bits per heavy atom. The van der Waals surface area contributed by atoms with Crippen molar-refractivity contribution in [2.24, 2.45) is 23.2 Å². The lowest BCUT2D eigenvalue weighted by Gasteiger charge is -2.56. The van der Waals surface area contributed by atoms with Crippen LogP contribution in [0.15, 0.2) is 37.1 Å². The van der Waals surface area contributed by atoms with Crippen LogP contribution < -0.4 is 10.6 Å². The summed E-state index contributed by atoms with van der Waals surface area (Å²) in [6.45, 7) is 4.36. The Hall–Kier alpha value is -2.67. The first kappa shape index (κ1) is 21.2. The summed E-state index contributed by atoms with van der Waals surface area (Å²) >= 11 is 0. The molecule has 0 saturated heterocycles. The summed E-state index contributed by atoms with van der Waals surface area (Å²) in [6.07, 6.45) is 10.4. The van der Waals surface area contributed by atoms with Crippen LogP contribution in [0, 0.1) is 23.2 Å². The Labute approximate surface area is 188 Å². The molecule has 2 heterocycles. The number of carbonyl (C=O) groups excluding carboxylic acids is 2. The minimum Gasteiger partial charge on any atom is -0.387 e. The Kier molecular flexibility index (Phi) is 5.53. The molecule has 2 aromatic rings. The molecule has 170 valence electrons. The fourth-order valence-electron chi connectivity index (χ4n) is 6.73. The SMILES string of the molecule is C=C[C@H](O)CNC(=O)Cc1cn2c(C(=O)NCC34CC5CC(CC(C5)C3)C4)cccc2n1. The van der Waals surface area contributed by atoms with Gasteiger partial charge in [0.2, 0.25) is 5.91 Å². The van der Waals surface area contributed by atoms with Crippen LogP contribution in [0.3, 0.4) is 0 Å². The number of nitrogens with zero attached hydrogens (tertiary/aromatic N) is 2. The summed E-state index contributed by atoms with van der Waals surface area (Å²) in [6, 6.07) is 5.46. The third-order valence-corrected chi connectivity index (χ3v) is 7.69. The normalized spacial score (nSPS) is 29.1. The topological polar surface area (TPSA) is 95.7 Å². The average Bonchev–Trinajstić information content (AvgIpc) is 3.17. The quantitative estimate of drug-likeness (QED) is 0.554. The van der Waals surface area contributed by atoms with Crippen molar-refractivity contribution in [3.8, 4) is 0 Å². The second-order valence-corrected chi connectivity index (χ2v) is 10.3. The van der Waals surface area contributed by atoms with Gasteiger partial charge in [-0.05, 0) is 73.8 Å². The number of nitrogens with one attached hydrogen (secondary N) is 2. The van der Waals surface area contributed by atoms with Gasteiger partial charge in [-0.2, -0.15) is 0 Å². The zero-order valence-corrected chi connectivity index (χ0v) is 18.4. The van der Waals surface area contributed by atoms with Crippen molar-refractivity contribution in [1.82, 2.24) is 20.0 Å². The Balaban J connectivity index is 1.25. The molecule has 2 aromatic heterocycles. The molecule has 1 atom stereocenters. The van der Waals surface area contributed by atoms with Crippen molar-refractivity contribution in [2.45, 2.75) is 51.0 Å². The summed E-state index contributed by atoms with van der Waals surface area (Å²) in [5.74, 6) is 2.25. The summed E-state index contributed by atoms with van der Waals surface area (Å²) in [4.78, 5) is 29.8. The highest BCUT2D eigenvalue weighted by Gasteiger charge is 2.50.